The Morgan fingerprint density at radius 2 is 1.57 bits per heavy atom. The van der Waals surface area contributed by atoms with Gasteiger partial charge in [-0.3, -0.25) is 4.79 Å². The van der Waals surface area contributed by atoms with Crippen LogP contribution in [0.4, 0.5) is 0 Å². The van der Waals surface area contributed by atoms with E-state index in [1.807, 2.05) is 0 Å². The average Bonchev–Trinajstić information content (AvgIpc) is 3.23. The van der Waals surface area contributed by atoms with Crippen molar-refractivity contribution in [3.63, 3.8) is 0 Å². The SMILES string of the molecule is COc1ccc(C(=O)NCCc2nnc3n2CCN(CC(c2ccccc2)c2ccccc2)CC3)cc1. The van der Waals surface area contributed by atoms with Crippen molar-refractivity contribution in [2.24, 2.45) is 0 Å². The number of fused-ring (bicyclic) bond motifs is 1. The van der Waals surface area contributed by atoms with Crippen molar-refractivity contribution in [1.29, 1.82) is 0 Å². The molecule has 190 valence electrons. The monoisotopic (exact) mass is 495 g/mol. The molecule has 0 fully saturated rings. The summed E-state index contributed by atoms with van der Waals surface area (Å²) in [5, 5.41) is 11.9. The minimum atomic E-state index is -0.0997. The molecule has 5 rings (SSSR count). The van der Waals surface area contributed by atoms with Gasteiger partial charge in [0.25, 0.3) is 5.91 Å². The standard InChI is InChI=1S/C30H33N5O2/c1-37-26-14-12-25(13-15-26)30(36)31-18-16-28-32-33-29-17-19-34(20-21-35(28)29)22-27(23-8-4-2-5-9-23)24-10-6-3-7-11-24/h2-15,27H,16-22H2,1H3,(H,31,36). The summed E-state index contributed by atoms with van der Waals surface area (Å²) in [4.78, 5) is 15.0. The van der Waals surface area contributed by atoms with E-state index < -0.39 is 0 Å². The number of carbonyl (C=O) groups excluding carboxylic acids is 1. The number of methoxy groups -OCH3 is 1. The second kappa shape index (κ2) is 11.8. The molecule has 4 aromatic rings. The maximum Gasteiger partial charge on any atom is 0.251 e. The highest BCUT2D eigenvalue weighted by molar-refractivity contribution is 5.94. The molecule has 1 amide bonds. The van der Waals surface area contributed by atoms with Gasteiger partial charge in [0, 0.05) is 57.0 Å². The summed E-state index contributed by atoms with van der Waals surface area (Å²) in [6.45, 7) is 4.20. The highest BCUT2D eigenvalue weighted by Gasteiger charge is 2.23. The van der Waals surface area contributed by atoms with Crippen LogP contribution in [0.15, 0.2) is 84.9 Å². The fourth-order valence-electron chi connectivity index (χ4n) is 4.96. The summed E-state index contributed by atoms with van der Waals surface area (Å²) in [5.74, 6) is 2.90. The summed E-state index contributed by atoms with van der Waals surface area (Å²) in [7, 11) is 1.61. The molecule has 0 saturated heterocycles. The van der Waals surface area contributed by atoms with Crippen LogP contribution in [0.25, 0.3) is 0 Å². The fraction of sp³-hybridized carbons (Fsp3) is 0.300. The van der Waals surface area contributed by atoms with Crippen LogP contribution in [0.1, 0.15) is 39.1 Å². The van der Waals surface area contributed by atoms with Crippen molar-refractivity contribution in [2.45, 2.75) is 25.3 Å². The summed E-state index contributed by atoms with van der Waals surface area (Å²) < 4.78 is 7.40. The summed E-state index contributed by atoms with van der Waals surface area (Å²) in [5.41, 5.74) is 3.29. The molecule has 1 N–H and O–H groups in total. The van der Waals surface area contributed by atoms with Crippen LogP contribution in [0, 0.1) is 0 Å². The number of rotatable bonds is 9. The zero-order chi connectivity index (χ0) is 25.5. The fourth-order valence-corrected chi connectivity index (χ4v) is 4.96. The minimum absolute atomic E-state index is 0.0997. The Bertz CT molecular complexity index is 1250. The number of benzene rings is 3. The Morgan fingerprint density at radius 1 is 0.892 bits per heavy atom. The van der Waals surface area contributed by atoms with Crippen molar-refractivity contribution in [2.75, 3.05) is 33.3 Å². The van der Waals surface area contributed by atoms with Crippen molar-refractivity contribution in [3.8, 4) is 5.75 Å². The van der Waals surface area contributed by atoms with Crippen LogP contribution < -0.4 is 10.1 Å². The molecule has 3 aromatic carbocycles. The lowest BCUT2D eigenvalue weighted by Gasteiger charge is -2.27. The first kappa shape index (κ1) is 24.7. The smallest absolute Gasteiger partial charge is 0.251 e. The lowest BCUT2D eigenvalue weighted by molar-refractivity contribution is 0.0954. The molecule has 1 aliphatic heterocycles. The van der Waals surface area contributed by atoms with Gasteiger partial charge in [-0.15, -0.1) is 10.2 Å². The largest absolute Gasteiger partial charge is 0.497 e. The number of nitrogens with one attached hydrogen (secondary N) is 1. The molecule has 2 heterocycles. The Balaban J connectivity index is 1.19. The van der Waals surface area contributed by atoms with Crippen molar-refractivity contribution < 1.29 is 9.53 Å². The molecular weight excluding hydrogens is 462 g/mol. The Kier molecular flexibility index (Phi) is 7.91. The number of nitrogens with zero attached hydrogens (tertiary/aromatic N) is 4. The van der Waals surface area contributed by atoms with Gasteiger partial charge in [0.2, 0.25) is 0 Å². The third-order valence-corrected chi connectivity index (χ3v) is 7.03. The van der Waals surface area contributed by atoms with E-state index in [0.29, 0.717) is 24.4 Å². The number of ether oxygens (including phenoxy) is 1. The van der Waals surface area contributed by atoms with Crippen molar-refractivity contribution in [1.82, 2.24) is 25.0 Å². The van der Waals surface area contributed by atoms with Crippen LogP contribution in [0.5, 0.6) is 5.75 Å². The van der Waals surface area contributed by atoms with E-state index in [4.69, 9.17) is 4.74 Å². The number of amides is 1. The predicted octanol–water partition coefficient (Wildman–Crippen LogP) is 3.95. The molecule has 0 unspecified atom stereocenters. The Labute approximate surface area is 218 Å². The molecule has 0 aliphatic carbocycles. The molecule has 0 atom stereocenters. The van der Waals surface area contributed by atoms with E-state index in [1.54, 1.807) is 31.4 Å². The number of hydrogen-bond acceptors (Lipinski definition) is 5. The second-order valence-electron chi connectivity index (χ2n) is 9.34. The summed E-state index contributed by atoms with van der Waals surface area (Å²) >= 11 is 0. The first-order valence-electron chi connectivity index (χ1n) is 12.9. The number of aromatic nitrogens is 3. The first-order valence-corrected chi connectivity index (χ1v) is 12.9. The Morgan fingerprint density at radius 3 is 2.22 bits per heavy atom. The van der Waals surface area contributed by atoms with Gasteiger partial charge in [-0.1, -0.05) is 60.7 Å². The van der Waals surface area contributed by atoms with Gasteiger partial charge < -0.3 is 19.5 Å². The topological polar surface area (TPSA) is 72.3 Å². The summed E-state index contributed by atoms with van der Waals surface area (Å²) in [6, 6.07) is 28.6. The molecule has 37 heavy (non-hydrogen) atoms. The van der Waals surface area contributed by atoms with Gasteiger partial charge in [0.15, 0.2) is 0 Å². The normalized spacial score (nSPS) is 13.7. The lowest BCUT2D eigenvalue weighted by Crippen LogP contribution is -2.32. The van der Waals surface area contributed by atoms with E-state index >= 15 is 0 Å². The molecule has 1 aromatic heterocycles. The minimum Gasteiger partial charge on any atom is -0.497 e. The van der Waals surface area contributed by atoms with Gasteiger partial charge in [-0.05, 0) is 35.4 Å². The predicted molar refractivity (Wildman–Crippen MR) is 144 cm³/mol. The quantitative estimate of drug-likeness (QED) is 0.381. The molecule has 0 radical (unpaired) electrons. The van der Waals surface area contributed by atoms with E-state index in [1.165, 1.54) is 11.1 Å². The highest BCUT2D eigenvalue weighted by Crippen LogP contribution is 2.26. The molecule has 7 nitrogen and oxygen atoms in total. The van der Waals surface area contributed by atoms with Gasteiger partial charge in [0.05, 0.1) is 7.11 Å². The third kappa shape index (κ3) is 6.06. The molecule has 0 saturated carbocycles. The molecule has 0 spiro atoms. The average molecular weight is 496 g/mol. The molecule has 1 aliphatic rings. The molecular formula is C30H33N5O2. The van der Waals surface area contributed by atoms with Crippen LogP contribution in [-0.2, 0) is 19.4 Å². The first-order chi connectivity index (χ1) is 18.2. The van der Waals surface area contributed by atoms with Crippen LogP contribution >= 0.6 is 0 Å². The number of carbonyl (C=O) groups is 1. The zero-order valence-electron chi connectivity index (χ0n) is 21.2. The van der Waals surface area contributed by atoms with E-state index in [2.05, 4.69) is 85.6 Å². The second-order valence-corrected chi connectivity index (χ2v) is 9.34. The maximum atomic E-state index is 12.5. The van der Waals surface area contributed by atoms with Gasteiger partial charge in [-0.25, -0.2) is 0 Å². The van der Waals surface area contributed by atoms with E-state index in [9.17, 15) is 4.79 Å². The van der Waals surface area contributed by atoms with Gasteiger partial charge >= 0.3 is 0 Å². The van der Waals surface area contributed by atoms with Gasteiger partial charge in [0.1, 0.15) is 17.4 Å². The van der Waals surface area contributed by atoms with Crippen LogP contribution in [-0.4, -0.2) is 58.9 Å². The van der Waals surface area contributed by atoms with E-state index in [-0.39, 0.29) is 5.91 Å². The summed E-state index contributed by atoms with van der Waals surface area (Å²) in [6.07, 6.45) is 1.51. The van der Waals surface area contributed by atoms with Crippen LogP contribution in [0.3, 0.4) is 0 Å². The molecule has 0 bridgehead atoms. The van der Waals surface area contributed by atoms with Crippen LogP contribution in [0.2, 0.25) is 0 Å². The highest BCUT2D eigenvalue weighted by atomic mass is 16.5. The zero-order valence-corrected chi connectivity index (χ0v) is 21.2. The van der Waals surface area contributed by atoms with Crippen molar-refractivity contribution >= 4 is 5.91 Å². The lowest BCUT2D eigenvalue weighted by atomic mass is 9.90. The maximum absolute atomic E-state index is 12.5. The Hall–Kier alpha value is -3.97. The van der Waals surface area contributed by atoms with Crippen molar-refractivity contribution in [3.05, 3.63) is 113 Å². The van der Waals surface area contributed by atoms with Gasteiger partial charge in [-0.2, -0.15) is 0 Å². The number of hydrogen-bond donors (Lipinski definition) is 1. The molecule has 7 heteroatoms. The van der Waals surface area contributed by atoms with E-state index in [0.717, 1.165) is 50.0 Å². The third-order valence-electron chi connectivity index (χ3n) is 7.03.